The molecule has 0 bridgehead atoms. The molecule has 0 saturated carbocycles. The monoisotopic (exact) mass is 395 g/mol. The first-order valence-corrected chi connectivity index (χ1v) is 10.4. The topological polar surface area (TPSA) is 62.8 Å². The van der Waals surface area contributed by atoms with Gasteiger partial charge < -0.3 is 20.1 Å². The lowest BCUT2D eigenvalue weighted by Gasteiger charge is -2.32. The van der Waals surface area contributed by atoms with Gasteiger partial charge in [0.15, 0.2) is 11.5 Å². The molecule has 2 aromatic carbocycles. The molecule has 2 heterocycles. The maximum Gasteiger partial charge on any atom is 0.319 e. The molecule has 4 rings (SSSR count). The van der Waals surface area contributed by atoms with Gasteiger partial charge in [-0.2, -0.15) is 0 Å². The Labute approximate surface area is 172 Å². The van der Waals surface area contributed by atoms with Gasteiger partial charge in [0.1, 0.15) is 13.2 Å². The van der Waals surface area contributed by atoms with Gasteiger partial charge in [0.2, 0.25) is 0 Å². The van der Waals surface area contributed by atoms with Crippen molar-refractivity contribution >= 4 is 11.7 Å². The second-order valence-electron chi connectivity index (χ2n) is 7.90. The zero-order valence-electron chi connectivity index (χ0n) is 16.9. The molecule has 6 nitrogen and oxygen atoms in total. The lowest BCUT2D eigenvalue weighted by Crippen LogP contribution is -2.39. The first kappa shape index (κ1) is 19.6. The first-order chi connectivity index (χ1) is 14.2. The third kappa shape index (κ3) is 5.41. The van der Waals surface area contributed by atoms with E-state index in [1.165, 1.54) is 11.1 Å². The number of anilines is 1. The molecule has 0 aromatic heterocycles. The molecule has 0 spiro atoms. The highest BCUT2D eigenvalue weighted by molar-refractivity contribution is 5.89. The summed E-state index contributed by atoms with van der Waals surface area (Å²) >= 11 is 0. The van der Waals surface area contributed by atoms with E-state index >= 15 is 0 Å². The minimum absolute atomic E-state index is 0.177. The van der Waals surface area contributed by atoms with E-state index < -0.39 is 0 Å². The number of ether oxygens (including phenoxy) is 2. The summed E-state index contributed by atoms with van der Waals surface area (Å²) < 4.78 is 11.1. The van der Waals surface area contributed by atoms with Crippen LogP contribution in [0.2, 0.25) is 0 Å². The highest BCUT2D eigenvalue weighted by atomic mass is 16.6. The van der Waals surface area contributed by atoms with Crippen molar-refractivity contribution < 1.29 is 14.3 Å². The molecule has 2 amide bonds. The molecular formula is C23H29N3O3. The van der Waals surface area contributed by atoms with Gasteiger partial charge in [0, 0.05) is 24.8 Å². The predicted octanol–water partition coefficient (Wildman–Crippen LogP) is 3.80. The van der Waals surface area contributed by atoms with Crippen LogP contribution in [-0.2, 0) is 6.54 Å². The minimum atomic E-state index is -0.177. The Kier molecular flexibility index (Phi) is 6.20. The number of fused-ring (bicyclic) bond motifs is 1. The van der Waals surface area contributed by atoms with Crippen molar-refractivity contribution in [2.75, 3.05) is 38.2 Å². The molecule has 0 radical (unpaired) electrons. The van der Waals surface area contributed by atoms with E-state index in [1.54, 1.807) is 6.07 Å². The van der Waals surface area contributed by atoms with Crippen LogP contribution < -0.4 is 20.1 Å². The van der Waals surface area contributed by atoms with E-state index in [0.717, 1.165) is 38.2 Å². The van der Waals surface area contributed by atoms with Gasteiger partial charge in [-0.15, -0.1) is 0 Å². The maximum absolute atomic E-state index is 12.3. The van der Waals surface area contributed by atoms with E-state index in [1.807, 2.05) is 12.1 Å². The second kappa shape index (κ2) is 9.18. The van der Waals surface area contributed by atoms with Crippen LogP contribution in [0.3, 0.4) is 0 Å². The van der Waals surface area contributed by atoms with Crippen LogP contribution in [0.4, 0.5) is 10.5 Å². The number of rotatable bonds is 5. The summed E-state index contributed by atoms with van der Waals surface area (Å²) in [5.74, 6) is 1.92. The van der Waals surface area contributed by atoms with Crippen LogP contribution in [0.25, 0.3) is 0 Å². The summed E-state index contributed by atoms with van der Waals surface area (Å²) in [5, 5.41) is 5.89. The SMILES string of the molecule is Cc1ccc(CN2CCC(CNC(=O)Nc3ccc4c(c3)OCCO4)CC2)cc1. The number of hydrogen-bond donors (Lipinski definition) is 2. The first-order valence-electron chi connectivity index (χ1n) is 10.4. The van der Waals surface area contributed by atoms with Gasteiger partial charge in [-0.25, -0.2) is 4.79 Å². The van der Waals surface area contributed by atoms with Crippen LogP contribution in [-0.4, -0.2) is 43.8 Å². The number of nitrogens with one attached hydrogen (secondary N) is 2. The lowest BCUT2D eigenvalue weighted by molar-refractivity contribution is 0.171. The van der Waals surface area contributed by atoms with E-state index in [4.69, 9.17) is 9.47 Å². The van der Waals surface area contributed by atoms with Crippen LogP contribution in [0.5, 0.6) is 11.5 Å². The molecule has 2 aromatic rings. The number of urea groups is 1. The zero-order chi connectivity index (χ0) is 20.1. The average Bonchev–Trinajstić information content (AvgIpc) is 2.75. The molecule has 2 aliphatic rings. The average molecular weight is 396 g/mol. The van der Waals surface area contributed by atoms with Crippen molar-refractivity contribution in [1.29, 1.82) is 0 Å². The Balaban J connectivity index is 1.18. The summed E-state index contributed by atoms with van der Waals surface area (Å²) in [5.41, 5.74) is 3.37. The maximum atomic E-state index is 12.3. The molecule has 154 valence electrons. The van der Waals surface area contributed by atoms with Gasteiger partial charge in [0.05, 0.1) is 0 Å². The molecule has 0 unspecified atom stereocenters. The van der Waals surface area contributed by atoms with Crippen LogP contribution in [0.15, 0.2) is 42.5 Å². The number of piperidine rings is 1. The van der Waals surface area contributed by atoms with E-state index in [2.05, 4.69) is 46.7 Å². The zero-order valence-corrected chi connectivity index (χ0v) is 16.9. The predicted molar refractivity (Wildman–Crippen MR) is 114 cm³/mol. The normalized spacial score (nSPS) is 17.0. The Morgan fingerprint density at radius 3 is 2.52 bits per heavy atom. The molecule has 2 N–H and O–H groups in total. The number of benzene rings is 2. The summed E-state index contributed by atoms with van der Waals surface area (Å²) in [7, 11) is 0. The van der Waals surface area contributed by atoms with E-state index in [9.17, 15) is 4.79 Å². The standard InChI is InChI=1S/C23H29N3O3/c1-17-2-4-19(5-3-17)16-26-10-8-18(9-11-26)15-24-23(27)25-20-6-7-21-22(14-20)29-13-12-28-21/h2-7,14,18H,8-13,15-16H2,1H3,(H2,24,25,27). The highest BCUT2D eigenvalue weighted by Crippen LogP contribution is 2.32. The molecular weight excluding hydrogens is 366 g/mol. The molecule has 2 aliphatic heterocycles. The number of carbonyl (C=O) groups is 1. The summed E-state index contributed by atoms with van der Waals surface area (Å²) in [6, 6.07) is 14.1. The van der Waals surface area contributed by atoms with Crippen molar-refractivity contribution in [1.82, 2.24) is 10.2 Å². The van der Waals surface area contributed by atoms with Gasteiger partial charge in [-0.3, -0.25) is 4.90 Å². The second-order valence-corrected chi connectivity index (χ2v) is 7.90. The molecule has 6 heteroatoms. The molecule has 1 saturated heterocycles. The number of nitrogens with zero attached hydrogens (tertiary/aromatic N) is 1. The van der Waals surface area contributed by atoms with E-state index in [0.29, 0.717) is 37.1 Å². The summed E-state index contributed by atoms with van der Waals surface area (Å²) in [6.45, 7) is 7.06. The smallest absolute Gasteiger partial charge is 0.319 e. The minimum Gasteiger partial charge on any atom is -0.486 e. The van der Waals surface area contributed by atoms with Crippen LogP contribution in [0, 0.1) is 12.8 Å². The molecule has 0 aliphatic carbocycles. The van der Waals surface area contributed by atoms with Crippen LogP contribution in [0.1, 0.15) is 24.0 Å². The summed E-state index contributed by atoms with van der Waals surface area (Å²) in [4.78, 5) is 14.7. The van der Waals surface area contributed by atoms with Crippen molar-refractivity contribution in [3.63, 3.8) is 0 Å². The summed E-state index contributed by atoms with van der Waals surface area (Å²) in [6.07, 6.45) is 2.21. The third-order valence-corrected chi connectivity index (χ3v) is 5.59. The van der Waals surface area contributed by atoms with Crippen molar-refractivity contribution in [2.45, 2.75) is 26.3 Å². The molecule has 0 atom stereocenters. The fraction of sp³-hybridized carbons (Fsp3) is 0.435. The van der Waals surface area contributed by atoms with Gasteiger partial charge >= 0.3 is 6.03 Å². The quantitative estimate of drug-likeness (QED) is 0.808. The molecule has 1 fully saturated rings. The number of likely N-dealkylation sites (tertiary alicyclic amines) is 1. The Morgan fingerprint density at radius 2 is 1.76 bits per heavy atom. The third-order valence-electron chi connectivity index (χ3n) is 5.59. The van der Waals surface area contributed by atoms with Gasteiger partial charge in [-0.1, -0.05) is 29.8 Å². The van der Waals surface area contributed by atoms with Crippen molar-refractivity contribution in [3.05, 3.63) is 53.6 Å². The number of carbonyl (C=O) groups excluding carboxylic acids is 1. The van der Waals surface area contributed by atoms with Gasteiger partial charge in [-0.05, 0) is 56.5 Å². The Hall–Kier alpha value is -2.73. The van der Waals surface area contributed by atoms with Gasteiger partial charge in [0.25, 0.3) is 0 Å². The van der Waals surface area contributed by atoms with Crippen LogP contribution >= 0.6 is 0 Å². The Morgan fingerprint density at radius 1 is 1.03 bits per heavy atom. The highest BCUT2D eigenvalue weighted by Gasteiger charge is 2.20. The van der Waals surface area contributed by atoms with Crippen molar-refractivity contribution in [3.8, 4) is 11.5 Å². The van der Waals surface area contributed by atoms with E-state index in [-0.39, 0.29) is 6.03 Å². The fourth-order valence-corrected chi connectivity index (χ4v) is 3.83. The lowest BCUT2D eigenvalue weighted by atomic mass is 9.96. The number of hydrogen-bond acceptors (Lipinski definition) is 4. The van der Waals surface area contributed by atoms with Crippen molar-refractivity contribution in [2.24, 2.45) is 5.92 Å². The molecule has 29 heavy (non-hydrogen) atoms. The Bertz CT molecular complexity index is 830. The number of aryl methyl sites for hydroxylation is 1. The largest absolute Gasteiger partial charge is 0.486 e. The number of amides is 2. The fourth-order valence-electron chi connectivity index (χ4n) is 3.83.